The second kappa shape index (κ2) is 4.88. The first kappa shape index (κ1) is 10.8. The highest BCUT2D eigenvalue weighted by Crippen LogP contribution is 2.21. The molecule has 0 fully saturated rings. The molecule has 0 bridgehead atoms. The number of nitrogens with zero attached hydrogens (tertiary/aromatic N) is 3. The topological polar surface area (TPSA) is 97.2 Å². The van der Waals surface area contributed by atoms with Crippen molar-refractivity contribution in [3.63, 3.8) is 0 Å². The normalized spacial score (nSPS) is 9.65. The highest BCUT2D eigenvalue weighted by atomic mass is 16.5. The zero-order valence-corrected chi connectivity index (χ0v) is 8.57. The molecule has 1 amide bonds. The molecule has 0 aromatic carbocycles. The molecule has 17 heavy (non-hydrogen) atoms. The largest absolute Gasteiger partial charge is 0.465 e. The van der Waals surface area contributed by atoms with E-state index >= 15 is 0 Å². The Labute approximate surface area is 96.1 Å². The minimum absolute atomic E-state index is 0.326. The molecule has 0 unspecified atom stereocenters. The van der Waals surface area contributed by atoms with Gasteiger partial charge in [0.05, 0.1) is 30.5 Å². The van der Waals surface area contributed by atoms with E-state index in [0.29, 0.717) is 17.2 Å². The number of nitrogens with one attached hydrogen (secondary N) is 1. The number of ether oxygens (including phenoxy) is 1. The van der Waals surface area contributed by atoms with Gasteiger partial charge >= 0.3 is 6.09 Å². The van der Waals surface area contributed by atoms with E-state index in [9.17, 15) is 4.79 Å². The summed E-state index contributed by atoms with van der Waals surface area (Å²) in [6, 6.07) is 1.51. The van der Waals surface area contributed by atoms with Crippen molar-refractivity contribution in [3.05, 3.63) is 37.2 Å². The first-order valence-electron chi connectivity index (χ1n) is 4.62. The first-order valence-corrected chi connectivity index (χ1v) is 4.62. The minimum Gasteiger partial charge on any atom is -0.465 e. The summed E-state index contributed by atoms with van der Waals surface area (Å²) in [6.45, 7) is 0. The van der Waals surface area contributed by atoms with Crippen molar-refractivity contribution < 1.29 is 14.6 Å². The lowest BCUT2D eigenvalue weighted by Gasteiger charge is -2.05. The van der Waals surface area contributed by atoms with E-state index in [-0.39, 0.29) is 0 Å². The highest BCUT2D eigenvalue weighted by Gasteiger charge is 2.02. The summed E-state index contributed by atoms with van der Waals surface area (Å²) >= 11 is 0. The van der Waals surface area contributed by atoms with Gasteiger partial charge in [0.2, 0.25) is 0 Å². The van der Waals surface area contributed by atoms with Crippen LogP contribution in [0.1, 0.15) is 0 Å². The second-order valence-electron chi connectivity index (χ2n) is 3.02. The molecular formula is C10H8N4O3. The molecule has 2 rings (SSSR count). The van der Waals surface area contributed by atoms with E-state index in [1.807, 2.05) is 0 Å². The van der Waals surface area contributed by atoms with Gasteiger partial charge in [-0.1, -0.05) is 0 Å². The Hall–Kier alpha value is -2.70. The number of hydrogen-bond donors (Lipinski definition) is 2. The Morgan fingerprint density at radius 2 is 1.82 bits per heavy atom. The van der Waals surface area contributed by atoms with Gasteiger partial charge in [-0.2, -0.15) is 0 Å². The van der Waals surface area contributed by atoms with Crippen molar-refractivity contribution in [1.82, 2.24) is 15.0 Å². The lowest BCUT2D eigenvalue weighted by Crippen LogP contribution is -2.07. The molecule has 0 radical (unpaired) electrons. The van der Waals surface area contributed by atoms with Gasteiger partial charge in [0.25, 0.3) is 0 Å². The Kier molecular flexibility index (Phi) is 3.10. The predicted octanol–water partition coefficient (Wildman–Crippen LogP) is 1.75. The zero-order chi connectivity index (χ0) is 12.1. The van der Waals surface area contributed by atoms with E-state index < -0.39 is 6.09 Å². The number of hydrogen-bond acceptors (Lipinski definition) is 5. The summed E-state index contributed by atoms with van der Waals surface area (Å²) < 4.78 is 5.38. The quantitative estimate of drug-likeness (QED) is 0.836. The van der Waals surface area contributed by atoms with Gasteiger partial charge in [-0.3, -0.25) is 10.3 Å². The van der Waals surface area contributed by atoms with Crippen molar-refractivity contribution in [1.29, 1.82) is 0 Å². The Bertz CT molecular complexity index is 518. The van der Waals surface area contributed by atoms with Crippen LogP contribution in [0.2, 0.25) is 0 Å². The molecule has 0 spiro atoms. The Balaban J connectivity index is 2.14. The number of anilines is 1. The average molecular weight is 232 g/mol. The van der Waals surface area contributed by atoms with Crippen molar-refractivity contribution >= 4 is 11.8 Å². The van der Waals surface area contributed by atoms with Crippen molar-refractivity contribution in [2.45, 2.75) is 0 Å². The number of aromatic nitrogens is 3. The third-order valence-electron chi connectivity index (χ3n) is 1.74. The molecule has 0 saturated carbocycles. The fraction of sp³-hybridized carbons (Fsp3) is 0. The van der Waals surface area contributed by atoms with E-state index in [4.69, 9.17) is 9.84 Å². The smallest absolute Gasteiger partial charge is 0.409 e. The zero-order valence-electron chi connectivity index (χ0n) is 8.57. The van der Waals surface area contributed by atoms with Crippen LogP contribution in [0.4, 0.5) is 10.5 Å². The number of carbonyl (C=O) groups is 1. The lowest BCUT2D eigenvalue weighted by atomic mass is 10.4. The predicted molar refractivity (Wildman–Crippen MR) is 58.0 cm³/mol. The molecule has 7 nitrogen and oxygen atoms in total. The van der Waals surface area contributed by atoms with Gasteiger partial charge in [0.15, 0.2) is 5.75 Å². The maximum atomic E-state index is 10.4. The third-order valence-corrected chi connectivity index (χ3v) is 1.74. The van der Waals surface area contributed by atoms with Crippen LogP contribution in [-0.4, -0.2) is 26.2 Å². The molecule has 2 heterocycles. The van der Waals surface area contributed by atoms with E-state index in [2.05, 4.69) is 20.3 Å². The molecule has 0 aliphatic carbocycles. The molecule has 0 aliphatic rings. The summed E-state index contributed by atoms with van der Waals surface area (Å²) in [6.07, 6.45) is 6.04. The van der Waals surface area contributed by atoms with Gasteiger partial charge < -0.3 is 9.84 Å². The monoisotopic (exact) mass is 232 g/mol. The minimum atomic E-state index is -1.16. The van der Waals surface area contributed by atoms with Crippen LogP contribution in [0.15, 0.2) is 37.2 Å². The SMILES string of the molecule is O=C(O)Nc1cncc(Oc2cncnc2)c1. The maximum absolute atomic E-state index is 10.4. The van der Waals surface area contributed by atoms with Gasteiger partial charge in [-0.05, 0) is 0 Å². The van der Waals surface area contributed by atoms with Gasteiger partial charge in [-0.15, -0.1) is 0 Å². The van der Waals surface area contributed by atoms with Gasteiger partial charge in [0, 0.05) is 6.07 Å². The van der Waals surface area contributed by atoms with E-state index in [1.54, 1.807) is 0 Å². The molecule has 86 valence electrons. The Morgan fingerprint density at radius 1 is 1.12 bits per heavy atom. The van der Waals surface area contributed by atoms with Crippen LogP contribution in [0.5, 0.6) is 11.5 Å². The summed E-state index contributed by atoms with van der Waals surface area (Å²) in [4.78, 5) is 21.9. The molecule has 2 N–H and O–H groups in total. The van der Waals surface area contributed by atoms with E-state index in [1.165, 1.54) is 37.2 Å². The van der Waals surface area contributed by atoms with E-state index in [0.717, 1.165) is 0 Å². The third kappa shape index (κ3) is 3.13. The number of rotatable bonds is 3. The van der Waals surface area contributed by atoms with Crippen molar-refractivity contribution in [3.8, 4) is 11.5 Å². The average Bonchev–Trinajstić information content (AvgIpc) is 2.30. The molecule has 0 atom stereocenters. The van der Waals surface area contributed by atoms with Gasteiger partial charge in [-0.25, -0.2) is 14.8 Å². The van der Waals surface area contributed by atoms with Crippen LogP contribution in [0.3, 0.4) is 0 Å². The van der Waals surface area contributed by atoms with Crippen LogP contribution in [-0.2, 0) is 0 Å². The van der Waals surface area contributed by atoms with Crippen LogP contribution < -0.4 is 10.1 Å². The summed E-state index contributed by atoms with van der Waals surface area (Å²) in [5.41, 5.74) is 0.326. The molecular weight excluding hydrogens is 224 g/mol. The number of pyridine rings is 1. The summed E-state index contributed by atoms with van der Waals surface area (Å²) in [5, 5.41) is 10.7. The van der Waals surface area contributed by atoms with Crippen LogP contribution >= 0.6 is 0 Å². The summed E-state index contributed by atoms with van der Waals surface area (Å²) in [7, 11) is 0. The highest BCUT2D eigenvalue weighted by molar-refractivity contribution is 5.82. The molecule has 0 aliphatic heterocycles. The van der Waals surface area contributed by atoms with Crippen LogP contribution in [0, 0.1) is 0 Å². The second-order valence-corrected chi connectivity index (χ2v) is 3.02. The summed E-state index contributed by atoms with van der Waals surface area (Å²) in [5.74, 6) is 0.841. The van der Waals surface area contributed by atoms with Crippen molar-refractivity contribution in [2.75, 3.05) is 5.32 Å². The maximum Gasteiger partial charge on any atom is 0.409 e. The standard InChI is InChI=1S/C10H8N4O3/c15-10(16)14-7-1-8(3-11-2-7)17-9-4-12-6-13-5-9/h1-6,14H,(H,15,16). The first-order chi connectivity index (χ1) is 8.24. The fourth-order valence-corrected chi connectivity index (χ4v) is 1.14. The van der Waals surface area contributed by atoms with Gasteiger partial charge in [0.1, 0.15) is 12.1 Å². The van der Waals surface area contributed by atoms with Crippen molar-refractivity contribution in [2.24, 2.45) is 0 Å². The fourth-order valence-electron chi connectivity index (χ4n) is 1.14. The van der Waals surface area contributed by atoms with Crippen LogP contribution in [0.25, 0.3) is 0 Å². The lowest BCUT2D eigenvalue weighted by molar-refractivity contribution is 0.209. The Morgan fingerprint density at radius 3 is 2.53 bits per heavy atom. The number of carboxylic acid groups (broad SMARTS) is 1. The molecule has 2 aromatic heterocycles. The molecule has 7 heteroatoms. The molecule has 0 saturated heterocycles. The molecule has 2 aromatic rings. The number of amides is 1.